The molecule has 2 aromatic rings. The van der Waals surface area contributed by atoms with Crippen LogP contribution in [0.2, 0.25) is 10.0 Å². The third-order valence-electron chi connectivity index (χ3n) is 2.04. The number of benzene rings is 2. The average molecular weight is 452 g/mol. The van der Waals surface area contributed by atoms with Crippen LogP contribution in [0.15, 0.2) is 48.5 Å². The summed E-state index contributed by atoms with van der Waals surface area (Å²) in [5.74, 6) is -3.25. The fraction of sp³-hybridized carbons (Fsp3) is 0.167. The summed E-state index contributed by atoms with van der Waals surface area (Å²) < 4.78 is 0. The Morgan fingerprint density at radius 2 is 1.07 bits per heavy atom. The van der Waals surface area contributed by atoms with Gasteiger partial charge in [0.05, 0.1) is 10.0 Å². The fourth-order valence-electron chi connectivity index (χ4n) is 1.34. The predicted octanol–water partition coefficient (Wildman–Crippen LogP) is 0.927. The Morgan fingerprint density at radius 1 is 0.704 bits per heavy atom. The third-order valence-corrected chi connectivity index (χ3v) is 2.86. The van der Waals surface area contributed by atoms with Crippen LogP contribution >= 0.6 is 23.2 Å². The first-order chi connectivity index (χ1) is 12.0. The molecule has 0 spiro atoms. The zero-order valence-electron chi connectivity index (χ0n) is 14.7. The van der Waals surface area contributed by atoms with Crippen molar-refractivity contribution < 1.29 is 47.1 Å². The maximum Gasteiger partial charge on any atom is 3.00 e. The molecular weight excluding hydrogens is 435 g/mol. The summed E-state index contributed by atoms with van der Waals surface area (Å²) >= 11 is 12.0. The molecule has 0 aliphatic heterocycles. The molecule has 0 saturated heterocycles. The molecule has 6 nitrogen and oxygen atoms in total. The van der Waals surface area contributed by atoms with Gasteiger partial charge >= 0.3 is 17.4 Å². The van der Waals surface area contributed by atoms with Gasteiger partial charge in [-0.05, 0) is 32.4 Å². The molecule has 27 heavy (non-hydrogen) atoms. The number of hydrogen-bond donors (Lipinski definition) is 0. The van der Waals surface area contributed by atoms with Crippen LogP contribution in [0.5, 0.6) is 0 Å². The Balaban J connectivity index is -0.000000371. The van der Waals surface area contributed by atoms with Crippen molar-refractivity contribution in [3.05, 3.63) is 58.6 Å². The second-order valence-electron chi connectivity index (χ2n) is 4.44. The second kappa shape index (κ2) is 17.4. The monoisotopic (exact) mass is 451 g/mol. The summed E-state index contributed by atoms with van der Waals surface area (Å²) in [7, 11) is 0. The molecule has 0 amide bonds. The summed E-state index contributed by atoms with van der Waals surface area (Å²) in [4.78, 5) is 26.7. The summed E-state index contributed by atoms with van der Waals surface area (Å²) in [5.41, 5.74) is 2.06. The quantitative estimate of drug-likeness (QED) is 0.635. The van der Waals surface area contributed by atoms with Gasteiger partial charge in [0.15, 0.2) is 0 Å². The first-order valence-corrected chi connectivity index (χ1v) is 7.76. The van der Waals surface area contributed by atoms with Crippen LogP contribution < -0.4 is 15.3 Å². The van der Waals surface area contributed by atoms with Crippen LogP contribution in [-0.2, 0) is 31.7 Å². The molecule has 2 rings (SSSR count). The minimum Gasteiger partial charge on any atom is -0.550 e. The van der Waals surface area contributed by atoms with Gasteiger partial charge in [-0.25, -0.2) is 0 Å². The van der Waals surface area contributed by atoms with E-state index in [9.17, 15) is 0 Å². The van der Waals surface area contributed by atoms with E-state index >= 15 is 0 Å². The second-order valence-corrected chi connectivity index (χ2v) is 5.23. The Bertz CT molecular complexity index is 668. The van der Waals surface area contributed by atoms with Gasteiger partial charge in [0.2, 0.25) is 0 Å². The normalized spacial score (nSPS) is 8.04. The number of hydrogen-bond acceptors (Lipinski definition) is 6. The Hall–Kier alpha value is -2.04. The van der Waals surface area contributed by atoms with Gasteiger partial charge in [0.25, 0.3) is 0 Å². The number of carboxylic acid groups (broad SMARTS) is 3. The third kappa shape index (κ3) is 20.1. The van der Waals surface area contributed by atoms with Gasteiger partial charge < -0.3 is 29.7 Å². The molecule has 0 saturated carbocycles. The molecule has 0 unspecified atom stereocenters. The van der Waals surface area contributed by atoms with Crippen molar-refractivity contribution in [1.82, 2.24) is 0 Å². The molecule has 0 aliphatic carbocycles. The molecule has 0 fully saturated rings. The molecule has 145 valence electrons. The first-order valence-electron chi connectivity index (χ1n) is 7.01. The van der Waals surface area contributed by atoms with Gasteiger partial charge in [-0.2, -0.15) is 0 Å². The Morgan fingerprint density at radius 3 is 1.44 bits per heavy atom. The van der Waals surface area contributed by atoms with E-state index < -0.39 is 17.9 Å². The van der Waals surface area contributed by atoms with Crippen molar-refractivity contribution in [3.63, 3.8) is 0 Å². The topological polar surface area (TPSA) is 120 Å². The number of rotatable bonds is 1. The first kappa shape index (κ1) is 29.7. The van der Waals surface area contributed by atoms with Crippen molar-refractivity contribution in [2.24, 2.45) is 0 Å². The predicted molar refractivity (Wildman–Crippen MR) is 93.9 cm³/mol. The van der Waals surface area contributed by atoms with Crippen molar-refractivity contribution >= 4 is 41.1 Å². The van der Waals surface area contributed by atoms with Gasteiger partial charge in [0, 0.05) is 23.5 Å². The van der Waals surface area contributed by atoms with E-state index in [1.807, 2.05) is 42.5 Å². The van der Waals surface area contributed by atoms with Gasteiger partial charge in [-0.15, -0.1) is 0 Å². The van der Waals surface area contributed by atoms with Crippen LogP contribution in [0.3, 0.4) is 0 Å². The summed E-state index contributed by atoms with van der Waals surface area (Å²) in [6.07, 6.45) is 0. The van der Waals surface area contributed by atoms with Crippen molar-refractivity contribution in [2.75, 3.05) is 0 Å². The molecule has 0 aromatic heterocycles. The fourth-order valence-corrected chi connectivity index (χ4v) is 1.75. The van der Waals surface area contributed by atoms with E-state index in [2.05, 4.69) is 0 Å². The van der Waals surface area contributed by atoms with E-state index in [4.69, 9.17) is 52.9 Å². The summed E-state index contributed by atoms with van der Waals surface area (Å²) in [6.45, 7) is 2.92. The van der Waals surface area contributed by atoms with Crippen LogP contribution in [0.4, 0.5) is 0 Å². The van der Waals surface area contributed by atoms with Crippen LogP contribution in [0.1, 0.15) is 20.8 Å². The van der Waals surface area contributed by atoms with Crippen molar-refractivity contribution in [3.8, 4) is 11.1 Å². The minimum absolute atomic E-state index is 0. The smallest absolute Gasteiger partial charge is 0.550 e. The number of carbonyl (C=O) groups is 3. The molecule has 9 heteroatoms. The van der Waals surface area contributed by atoms with E-state index in [-0.39, 0.29) is 17.4 Å². The van der Waals surface area contributed by atoms with Crippen LogP contribution in [0, 0.1) is 0 Å². The van der Waals surface area contributed by atoms with E-state index in [1.54, 1.807) is 6.07 Å². The number of aliphatic carboxylic acids is 3. The van der Waals surface area contributed by atoms with E-state index in [1.165, 1.54) is 0 Å². The average Bonchev–Trinajstić information content (AvgIpc) is 2.49. The standard InChI is InChI=1S/C12H8Cl2.3C2H4O2.Cr/c13-11-8-4-7-10(12(11)14)9-5-2-1-3-6-9;3*1-2(3)4;/h1-8H;3*1H3,(H,3,4);/q;;;;+3/p-3. The molecule has 0 aliphatic rings. The Labute approximate surface area is 178 Å². The number of halogens is 2. The maximum absolute atomic E-state index is 8.89. The zero-order valence-corrected chi connectivity index (χ0v) is 17.5. The van der Waals surface area contributed by atoms with Crippen LogP contribution in [-0.4, -0.2) is 17.9 Å². The molecule has 0 heterocycles. The van der Waals surface area contributed by atoms with E-state index in [0.717, 1.165) is 31.9 Å². The minimum atomic E-state index is -1.08. The van der Waals surface area contributed by atoms with Gasteiger partial charge in [-0.1, -0.05) is 65.7 Å². The number of carboxylic acids is 3. The molecule has 0 bridgehead atoms. The molecule has 2 aromatic carbocycles. The van der Waals surface area contributed by atoms with E-state index in [0.29, 0.717) is 10.0 Å². The van der Waals surface area contributed by atoms with Crippen LogP contribution in [0.25, 0.3) is 11.1 Å². The van der Waals surface area contributed by atoms with Crippen molar-refractivity contribution in [2.45, 2.75) is 20.8 Å². The molecular formula is C18H17Cl2CrO6. The largest absolute Gasteiger partial charge is 3.00 e. The summed E-state index contributed by atoms with van der Waals surface area (Å²) in [5, 5.41) is 27.9. The summed E-state index contributed by atoms with van der Waals surface area (Å²) in [6, 6.07) is 15.6. The molecule has 0 atom stereocenters. The van der Waals surface area contributed by atoms with Gasteiger partial charge in [0.1, 0.15) is 0 Å². The number of carbonyl (C=O) groups excluding carboxylic acids is 3. The maximum atomic E-state index is 8.89. The Kier molecular flexibility index (Phi) is 19.1. The molecule has 0 N–H and O–H groups in total. The van der Waals surface area contributed by atoms with Gasteiger partial charge in [-0.3, -0.25) is 0 Å². The van der Waals surface area contributed by atoms with Crippen molar-refractivity contribution in [1.29, 1.82) is 0 Å². The SMILES string of the molecule is CC(=O)[O-].CC(=O)[O-].CC(=O)[O-].Clc1cccc(-c2ccccc2)c1Cl.[Cr+3]. The molecule has 1 radical (unpaired) electrons. The zero-order chi connectivity index (χ0) is 20.7.